The molecule has 2 fully saturated rings. The predicted octanol–water partition coefficient (Wildman–Crippen LogP) is 3.68. The molecule has 0 spiro atoms. The standard InChI is InChI=1S/C32H45FN6O4S/c1-32(2)18-27-29(44(42,43)19-32)23-6-5-7-26(23)39(27)22-16-24(33)28(30(34)40)25(17-22)36-20-8-10-21(11-9-20)37-31(41)35-12-15-38-13-3-4-14-38/h16-17,20-21,36H,3-15,18-19H2,1-2H3,(H2,34,40)(H2,35,37,41). The maximum Gasteiger partial charge on any atom is 0.315 e. The van der Waals surface area contributed by atoms with Crippen LogP contribution in [0.2, 0.25) is 0 Å². The number of carbonyl (C=O) groups excluding carboxylic acids is 2. The zero-order valence-electron chi connectivity index (χ0n) is 25.8. The van der Waals surface area contributed by atoms with Crippen LogP contribution in [0.15, 0.2) is 17.0 Å². The van der Waals surface area contributed by atoms with Crippen molar-refractivity contribution >= 4 is 27.5 Å². The first-order chi connectivity index (χ1) is 20.9. The summed E-state index contributed by atoms with van der Waals surface area (Å²) in [6, 6.07) is 2.90. The van der Waals surface area contributed by atoms with Gasteiger partial charge in [0.1, 0.15) is 5.82 Å². The molecule has 240 valence electrons. The number of hydrogen-bond acceptors (Lipinski definition) is 6. The second-order valence-corrected chi connectivity index (χ2v) is 15.8. The number of hydrogen-bond donors (Lipinski definition) is 4. The fourth-order valence-corrected chi connectivity index (χ4v) is 10.2. The summed E-state index contributed by atoms with van der Waals surface area (Å²) in [5.74, 6) is -1.50. The number of nitrogens with two attached hydrogens (primary N) is 1. The van der Waals surface area contributed by atoms with Crippen LogP contribution in [-0.4, -0.2) is 73.8 Å². The van der Waals surface area contributed by atoms with Crippen LogP contribution in [0.25, 0.3) is 5.69 Å². The van der Waals surface area contributed by atoms with E-state index in [1.165, 1.54) is 18.9 Å². The molecule has 4 aliphatic rings. The van der Waals surface area contributed by atoms with Crippen molar-refractivity contribution in [3.8, 4) is 5.69 Å². The number of benzene rings is 1. The molecule has 44 heavy (non-hydrogen) atoms. The summed E-state index contributed by atoms with van der Waals surface area (Å²) in [6.07, 6.45) is 8.19. The second-order valence-electron chi connectivity index (χ2n) is 13.8. The summed E-state index contributed by atoms with van der Waals surface area (Å²) in [4.78, 5) is 27.6. The molecule has 0 radical (unpaired) electrons. The van der Waals surface area contributed by atoms with E-state index in [0.717, 1.165) is 63.0 Å². The summed E-state index contributed by atoms with van der Waals surface area (Å²) in [5, 5.41) is 9.43. The molecule has 1 aromatic heterocycles. The van der Waals surface area contributed by atoms with Gasteiger partial charge in [0.25, 0.3) is 5.91 Å². The fraction of sp³-hybridized carbons (Fsp3) is 0.625. The van der Waals surface area contributed by atoms with Gasteiger partial charge in [-0.1, -0.05) is 13.8 Å². The lowest BCUT2D eigenvalue weighted by molar-refractivity contribution is 0.0997. The molecule has 0 atom stereocenters. The van der Waals surface area contributed by atoms with E-state index in [0.29, 0.717) is 47.8 Å². The Morgan fingerprint density at radius 1 is 1.02 bits per heavy atom. The van der Waals surface area contributed by atoms with Crippen molar-refractivity contribution in [1.29, 1.82) is 0 Å². The summed E-state index contributed by atoms with van der Waals surface area (Å²) >= 11 is 0. The SMILES string of the molecule is CC1(C)Cc2c(c3c(n2-c2cc(F)c(C(N)=O)c(NC4CCC(NC(=O)NCCN5CCCC5)CC4)c2)CCC3)S(=O)(=O)C1. The van der Waals surface area contributed by atoms with Crippen LogP contribution < -0.4 is 21.7 Å². The van der Waals surface area contributed by atoms with Crippen molar-refractivity contribution < 1.29 is 22.4 Å². The van der Waals surface area contributed by atoms with E-state index in [2.05, 4.69) is 20.9 Å². The third-order valence-corrected chi connectivity index (χ3v) is 12.0. The Labute approximate surface area is 259 Å². The van der Waals surface area contributed by atoms with Crippen LogP contribution in [-0.2, 0) is 29.1 Å². The van der Waals surface area contributed by atoms with E-state index in [1.807, 2.05) is 18.4 Å². The molecule has 2 aliphatic heterocycles. The van der Waals surface area contributed by atoms with E-state index in [4.69, 9.17) is 5.73 Å². The van der Waals surface area contributed by atoms with Crippen LogP contribution in [0.3, 0.4) is 0 Å². The number of nitrogens with zero attached hydrogens (tertiary/aromatic N) is 2. The largest absolute Gasteiger partial charge is 0.382 e. The molecule has 3 amide bonds. The monoisotopic (exact) mass is 628 g/mol. The van der Waals surface area contributed by atoms with Crippen molar-refractivity contribution in [3.63, 3.8) is 0 Å². The smallest absolute Gasteiger partial charge is 0.315 e. The molecule has 2 aliphatic carbocycles. The molecule has 0 unspecified atom stereocenters. The molecular formula is C32H45FN6O4S. The predicted molar refractivity (Wildman–Crippen MR) is 168 cm³/mol. The molecule has 1 saturated heterocycles. The van der Waals surface area contributed by atoms with Crippen molar-refractivity contribution in [2.24, 2.45) is 11.1 Å². The first kappa shape index (κ1) is 30.9. The van der Waals surface area contributed by atoms with Crippen LogP contribution >= 0.6 is 0 Å². The number of sulfone groups is 1. The van der Waals surface area contributed by atoms with Gasteiger partial charge in [-0.2, -0.15) is 0 Å². The van der Waals surface area contributed by atoms with Gasteiger partial charge in [-0.25, -0.2) is 17.6 Å². The Kier molecular flexibility index (Phi) is 8.42. The van der Waals surface area contributed by atoms with E-state index in [9.17, 15) is 18.0 Å². The molecular weight excluding hydrogens is 583 g/mol. The molecule has 12 heteroatoms. The van der Waals surface area contributed by atoms with Gasteiger partial charge in [0.15, 0.2) is 9.84 Å². The fourth-order valence-electron chi connectivity index (χ4n) is 7.84. The Bertz CT molecular complexity index is 1550. The minimum atomic E-state index is -3.49. The summed E-state index contributed by atoms with van der Waals surface area (Å²) in [7, 11) is -3.49. The zero-order chi connectivity index (χ0) is 31.2. The van der Waals surface area contributed by atoms with E-state index in [-0.39, 0.29) is 29.4 Å². The van der Waals surface area contributed by atoms with Gasteiger partial charge in [-0.05, 0) is 100 Å². The third kappa shape index (κ3) is 6.20. The van der Waals surface area contributed by atoms with Gasteiger partial charge in [-0.15, -0.1) is 0 Å². The molecule has 5 N–H and O–H groups in total. The van der Waals surface area contributed by atoms with Crippen LogP contribution in [0.1, 0.15) is 86.1 Å². The van der Waals surface area contributed by atoms with Crippen LogP contribution in [0.4, 0.5) is 14.9 Å². The zero-order valence-corrected chi connectivity index (χ0v) is 26.6. The van der Waals surface area contributed by atoms with Gasteiger partial charge in [0, 0.05) is 36.6 Å². The van der Waals surface area contributed by atoms with E-state index >= 15 is 4.39 Å². The van der Waals surface area contributed by atoms with Gasteiger partial charge >= 0.3 is 6.03 Å². The minimum absolute atomic E-state index is 0.0392. The Balaban J connectivity index is 1.19. The molecule has 3 heterocycles. The molecule has 6 rings (SSSR count). The molecule has 1 aromatic carbocycles. The molecule has 10 nitrogen and oxygen atoms in total. The van der Waals surface area contributed by atoms with Crippen LogP contribution in [0, 0.1) is 11.2 Å². The van der Waals surface area contributed by atoms with Gasteiger partial charge < -0.3 is 31.2 Å². The Hall–Kier alpha value is -3.12. The highest BCUT2D eigenvalue weighted by Crippen LogP contribution is 2.45. The van der Waals surface area contributed by atoms with Crippen molar-refractivity contribution in [1.82, 2.24) is 20.1 Å². The lowest BCUT2D eigenvalue weighted by Gasteiger charge is -2.32. The van der Waals surface area contributed by atoms with E-state index < -0.39 is 27.0 Å². The van der Waals surface area contributed by atoms with Crippen molar-refractivity contribution in [2.45, 2.75) is 95.0 Å². The number of likely N-dealkylation sites (tertiary alicyclic amines) is 1. The number of amides is 3. The van der Waals surface area contributed by atoms with Crippen molar-refractivity contribution in [3.05, 3.63) is 40.5 Å². The Morgan fingerprint density at radius 3 is 2.43 bits per heavy atom. The number of nitrogens with one attached hydrogen (secondary N) is 3. The van der Waals surface area contributed by atoms with E-state index in [1.54, 1.807) is 6.07 Å². The lowest BCUT2D eigenvalue weighted by Crippen LogP contribution is -2.46. The normalized spacial score (nSPS) is 24.0. The first-order valence-corrected chi connectivity index (χ1v) is 17.7. The minimum Gasteiger partial charge on any atom is -0.382 e. The number of primary amides is 1. The highest BCUT2D eigenvalue weighted by atomic mass is 32.2. The highest BCUT2D eigenvalue weighted by Gasteiger charge is 2.42. The Morgan fingerprint density at radius 2 is 1.73 bits per heavy atom. The van der Waals surface area contributed by atoms with Gasteiger partial charge in [0.05, 0.1) is 27.6 Å². The van der Waals surface area contributed by atoms with Gasteiger partial charge in [0.2, 0.25) is 0 Å². The third-order valence-electron chi connectivity index (χ3n) is 9.72. The number of aromatic nitrogens is 1. The number of carbonyl (C=O) groups is 2. The van der Waals surface area contributed by atoms with Crippen LogP contribution in [0.5, 0.6) is 0 Å². The maximum atomic E-state index is 15.7. The quantitative estimate of drug-likeness (QED) is 0.352. The number of halogens is 1. The number of urea groups is 1. The summed E-state index contributed by atoms with van der Waals surface area (Å²) < 4.78 is 44.5. The number of fused-ring (bicyclic) bond motifs is 3. The molecule has 0 bridgehead atoms. The second kappa shape index (κ2) is 12.0. The topological polar surface area (TPSA) is 139 Å². The molecule has 2 aromatic rings. The molecule has 1 saturated carbocycles. The maximum absolute atomic E-state index is 15.7. The number of anilines is 1. The highest BCUT2D eigenvalue weighted by molar-refractivity contribution is 7.91. The van der Waals surface area contributed by atoms with Crippen molar-refractivity contribution in [2.75, 3.05) is 37.2 Å². The lowest BCUT2D eigenvalue weighted by atomic mass is 9.89. The average Bonchev–Trinajstić information content (AvgIpc) is 3.66. The summed E-state index contributed by atoms with van der Waals surface area (Å²) in [6.45, 7) is 7.58. The average molecular weight is 629 g/mol. The summed E-state index contributed by atoms with van der Waals surface area (Å²) in [5.41, 5.74) is 8.29. The van der Waals surface area contributed by atoms with Gasteiger partial charge in [-0.3, -0.25) is 4.79 Å². The first-order valence-electron chi connectivity index (χ1n) is 16.1. The number of rotatable bonds is 8.